The van der Waals surface area contributed by atoms with Gasteiger partial charge in [-0.25, -0.2) is 9.97 Å². The number of benzene rings is 1. The van der Waals surface area contributed by atoms with Crippen LogP contribution in [-0.4, -0.2) is 62.0 Å². The van der Waals surface area contributed by atoms with Crippen molar-refractivity contribution >= 4 is 28.1 Å². The van der Waals surface area contributed by atoms with Crippen LogP contribution >= 0.6 is 0 Å². The lowest BCUT2D eigenvalue weighted by molar-refractivity contribution is 0.274. The van der Waals surface area contributed by atoms with Gasteiger partial charge in [0, 0.05) is 49.7 Å². The SMILES string of the molecule is Cc1cc(N2CCN(c3ccc4c(=O)n(CCO)cnc4c3)CC2)n2nccc2n1. The van der Waals surface area contributed by atoms with E-state index in [2.05, 4.69) is 30.9 Å². The zero-order valence-electron chi connectivity index (χ0n) is 16.8. The van der Waals surface area contributed by atoms with Crippen molar-refractivity contribution < 1.29 is 5.11 Å². The Morgan fingerprint density at radius 1 is 1.07 bits per heavy atom. The monoisotopic (exact) mass is 405 g/mol. The first-order valence-corrected chi connectivity index (χ1v) is 10.1. The Bertz CT molecular complexity index is 1270. The molecule has 154 valence electrons. The predicted octanol–water partition coefficient (Wildman–Crippen LogP) is 1.07. The molecule has 4 aromatic rings. The number of anilines is 2. The number of aliphatic hydroxyl groups excluding tert-OH is 1. The Hall–Kier alpha value is -3.46. The molecule has 1 N–H and O–H groups in total. The zero-order chi connectivity index (χ0) is 20.7. The highest BCUT2D eigenvalue weighted by Crippen LogP contribution is 2.23. The van der Waals surface area contributed by atoms with E-state index in [9.17, 15) is 4.79 Å². The molecule has 1 aliphatic heterocycles. The van der Waals surface area contributed by atoms with Crippen molar-refractivity contribution in [3.05, 3.63) is 58.9 Å². The molecule has 4 heterocycles. The Balaban J connectivity index is 1.37. The molecule has 0 unspecified atom stereocenters. The van der Waals surface area contributed by atoms with Gasteiger partial charge in [-0.2, -0.15) is 9.61 Å². The Morgan fingerprint density at radius 3 is 2.67 bits per heavy atom. The van der Waals surface area contributed by atoms with Gasteiger partial charge in [-0.05, 0) is 25.1 Å². The number of hydrogen-bond acceptors (Lipinski definition) is 7. The number of fused-ring (bicyclic) bond motifs is 2. The van der Waals surface area contributed by atoms with E-state index in [1.54, 1.807) is 6.20 Å². The van der Waals surface area contributed by atoms with E-state index in [1.807, 2.05) is 35.7 Å². The number of piperazine rings is 1. The van der Waals surface area contributed by atoms with Crippen molar-refractivity contribution in [2.75, 3.05) is 42.6 Å². The van der Waals surface area contributed by atoms with E-state index < -0.39 is 0 Å². The lowest BCUT2D eigenvalue weighted by atomic mass is 10.2. The molecule has 0 spiro atoms. The number of aryl methyl sites for hydroxylation is 1. The van der Waals surface area contributed by atoms with Crippen LogP contribution in [0, 0.1) is 6.92 Å². The summed E-state index contributed by atoms with van der Waals surface area (Å²) in [4.78, 5) is 26.1. The number of aliphatic hydroxyl groups is 1. The van der Waals surface area contributed by atoms with E-state index in [4.69, 9.17) is 5.11 Å². The van der Waals surface area contributed by atoms with Gasteiger partial charge in [0.1, 0.15) is 5.82 Å². The van der Waals surface area contributed by atoms with Crippen LogP contribution in [0.4, 0.5) is 11.5 Å². The first-order valence-electron chi connectivity index (χ1n) is 10.1. The Labute approximate surface area is 172 Å². The average molecular weight is 405 g/mol. The third kappa shape index (κ3) is 3.17. The normalized spacial score (nSPS) is 14.7. The van der Waals surface area contributed by atoms with Gasteiger partial charge in [0.2, 0.25) is 0 Å². The molecule has 3 aromatic heterocycles. The van der Waals surface area contributed by atoms with Gasteiger partial charge in [-0.1, -0.05) is 0 Å². The van der Waals surface area contributed by atoms with Gasteiger partial charge < -0.3 is 14.9 Å². The van der Waals surface area contributed by atoms with Crippen LogP contribution in [0.1, 0.15) is 5.69 Å². The summed E-state index contributed by atoms with van der Waals surface area (Å²) in [6.45, 7) is 5.61. The molecule has 1 aliphatic rings. The lowest BCUT2D eigenvalue weighted by Crippen LogP contribution is -2.47. The first-order chi connectivity index (χ1) is 14.6. The highest BCUT2D eigenvalue weighted by Gasteiger charge is 2.21. The van der Waals surface area contributed by atoms with E-state index in [0.29, 0.717) is 10.9 Å². The summed E-state index contributed by atoms with van der Waals surface area (Å²) in [6, 6.07) is 9.78. The van der Waals surface area contributed by atoms with Crippen LogP contribution in [0.3, 0.4) is 0 Å². The van der Waals surface area contributed by atoms with Crippen molar-refractivity contribution in [3.63, 3.8) is 0 Å². The summed E-state index contributed by atoms with van der Waals surface area (Å²) < 4.78 is 3.33. The highest BCUT2D eigenvalue weighted by atomic mass is 16.3. The summed E-state index contributed by atoms with van der Waals surface area (Å²) in [5, 5.41) is 14.1. The van der Waals surface area contributed by atoms with Gasteiger partial charge in [-0.3, -0.25) is 9.36 Å². The van der Waals surface area contributed by atoms with Gasteiger partial charge in [-0.15, -0.1) is 0 Å². The fraction of sp³-hybridized carbons (Fsp3) is 0.333. The molecule has 5 rings (SSSR count). The molecule has 1 saturated heterocycles. The fourth-order valence-electron chi connectivity index (χ4n) is 4.05. The fourth-order valence-corrected chi connectivity index (χ4v) is 4.05. The lowest BCUT2D eigenvalue weighted by Gasteiger charge is -2.37. The summed E-state index contributed by atoms with van der Waals surface area (Å²) in [5.74, 6) is 1.06. The van der Waals surface area contributed by atoms with Crippen molar-refractivity contribution in [2.45, 2.75) is 13.5 Å². The summed E-state index contributed by atoms with van der Waals surface area (Å²) >= 11 is 0. The molecule has 30 heavy (non-hydrogen) atoms. The van der Waals surface area contributed by atoms with Crippen molar-refractivity contribution in [2.24, 2.45) is 0 Å². The first kappa shape index (κ1) is 18.6. The molecule has 0 bridgehead atoms. The molecule has 0 radical (unpaired) electrons. The second kappa shape index (κ2) is 7.42. The van der Waals surface area contributed by atoms with E-state index in [1.165, 1.54) is 10.9 Å². The molecule has 9 heteroatoms. The van der Waals surface area contributed by atoms with Gasteiger partial charge >= 0.3 is 0 Å². The van der Waals surface area contributed by atoms with Crippen LogP contribution in [0.2, 0.25) is 0 Å². The minimum Gasteiger partial charge on any atom is -0.395 e. The Morgan fingerprint density at radius 2 is 1.87 bits per heavy atom. The number of rotatable bonds is 4. The van der Waals surface area contributed by atoms with Gasteiger partial charge in [0.15, 0.2) is 5.65 Å². The van der Waals surface area contributed by atoms with Gasteiger partial charge in [0.25, 0.3) is 5.56 Å². The highest BCUT2D eigenvalue weighted by molar-refractivity contribution is 5.81. The van der Waals surface area contributed by atoms with Crippen LogP contribution in [0.15, 0.2) is 47.7 Å². The van der Waals surface area contributed by atoms with Crippen LogP contribution in [0.5, 0.6) is 0 Å². The quantitative estimate of drug-likeness (QED) is 0.543. The molecular weight excluding hydrogens is 382 g/mol. The van der Waals surface area contributed by atoms with Gasteiger partial charge in [0.05, 0.1) is 36.6 Å². The predicted molar refractivity (Wildman–Crippen MR) is 115 cm³/mol. The number of aromatic nitrogens is 5. The van der Waals surface area contributed by atoms with Crippen molar-refractivity contribution in [1.29, 1.82) is 0 Å². The van der Waals surface area contributed by atoms with Crippen LogP contribution in [0.25, 0.3) is 16.6 Å². The summed E-state index contributed by atoms with van der Waals surface area (Å²) in [6.07, 6.45) is 3.28. The van der Waals surface area contributed by atoms with Crippen molar-refractivity contribution in [1.82, 2.24) is 24.1 Å². The topological polar surface area (TPSA) is 91.8 Å². The smallest absolute Gasteiger partial charge is 0.261 e. The molecule has 1 aromatic carbocycles. The third-order valence-electron chi connectivity index (χ3n) is 5.59. The molecular formula is C21H23N7O2. The average Bonchev–Trinajstić information content (AvgIpc) is 3.23. The maximum atomic E-state index is 12.5. The third-order valence-corrected chi connectivity index (χ3v) is 5.59. The van der Waals surface area contributed by atoms with Crippen molar-refractivity contribution in [3.8, 4) is 0 Å². The largest absolute Gasteiger partial charge is 0.395 e. The maximum Gasteiger partial charge on any atom is 0.261 e. The second-order valence-corrected chi connectivity index (χ2v) is 7.50. The zero-order valence-corrected chi connectivity index (χ0v) is 16.8. The minimum atomic E-state index is -0.123. The molecule has 1 fully saturated rings. The second-order valence-electron chi connectivity index (χ2n) is 7.50. The molecule has 0 saturated carbocycles. The molecule has 9 nitrogen and oxygen atoms in total. The number of hydrogen-bond donors (Lipinski definition) is 1. The molecule has 0 aliphatic carbocycles. The molecule has 0 atom stereocenters. The number of nitrogens with zero attached hydrogens (tertiary/aromatic N) is 7. The van der Waals surface area contributed by atoms with Crippen LogP contribution in [-0.2, 0) is 6.54 Å². The summed E-state index contributed by atoms with van der Waals surface area (Å²) in [7, 11) is 0. The summed E-state index contributed by atoms with van der Waals surface area (Å²) in [5.41, 5.74) is 3.45. The minimum absolute atomic E-state index is 0.0860. The maximum absolute atomic E-state index is 12.5. The Kier molecular flexibility index (Phi) is 4.59. The molecule has 0 amide bonds. The van der Waals surface area contributed by atoms with E-state index >= 15 is 0 Å². The van der Waals surface area contributed by atoms with Crippen LogP contribution < -0.4 is 15.4 Å². The van der Waals surface area contributed by atoms with E-state index in [-0.39, 0.29) is 18.7 Å². The van der Waals surface area contributed by atoms with E-state index in [0.717, 1.165) is 49.0 Å². The standard InChI is InChI=1S/C21H23N7O2/c1-15-12-20(28-19(24-15)4-5-23-28)26-8-6-25(7-9-26)16-2-3-17-18(13-16)22-14-27(10-11-29)21(17)30/h2-5,12-14,29H,6-11H2,1H3.